The molecule has 0 fully saturated rings. The Labute approximate surface area is 148 Å². The second kappa shape index (κ2) is 7.07. The highest BCUT2D eigenvalue weighted by atomic mass is 19.4. The number of nitrogens with one attached hydrogen (secondary N) is 3. The summed E-state index contributed by atoms with van der Waals surface area (Å²) in [5, 5.41) is 12.8. The van der Waals surface area contributed by atoms with Crippen molar-refractivity contribution >= 4 is 17.6 Å². The molecule has 0 aliphatic heterocycles. The molecule has 2 aromatic carbocycles. The highest BCUT2D eigenvalue weighted by Gasteiger charge is 2.30. The molecule has 1 aromatic heterocycles. The van der Waals surface area contributed by atoms with Gasteiger partial charge in [-0.1, -0.05) is 18.2 Å². The summed E-state index contributed by atoms with van der Waals surface area (Å²) >= 11 is 0. The van der Waals surface area contributed by atoms with Crippen molar-refractivity contribution in [2.75, 3.05) is 10.6 Å². The number of alkyl halides is 3. The first kappa shape index (κ1) is 17.8. The summed E-state index contributed by atoms with van der Waals surface area (Å²) in [6, 6.07) is 11.2. The Morgan fingerprint density at radius 3 is 2.46 bits per heavy atom. The van der Waals surface area contributed by atoms with Crippen molar-refractivity contribution in [1.82, 2.24) is 15.2 Å². The lowest BCUT2D eigenvalue weighted by Crippen LogP contribution is -2.07. The van der Waals surface area contributed by atoms with Crippen molar-refractivity contribution in [2.24, 2.45) is 0 Å². The summed E-state index contributed by atoms with van der Waals surface area (Å²) in [6.45, 7) is 4.19. The van der Waals surface area contributed by atoms with Gasteiger partial charge in [0.2, 0.25) is 11.9 Å². The van der Waals surface area contributed by atoms with E-state index >= 15 is 0 Å². The molecule has 0 amide bonds. The molecule has 3 N–H and O–H groups in total. The molecule has 0 saturated heterocycles. The number of aromatic nitrogens is 3. The first-order chi connectivity index (χ1) is 12.3. The van der Waals surface area contributed by atoms with E-state index in [9.17, 15) is 13.2 Å². The Balaban J connectivity index is 1.64. The predicted octanol–water partition coefficient (Wildman–Crippen LogP) is 4.80. The molecule has 0 aliphatic rings. The molecule has 1 heterocycles. The first-order valence-corrected chi connectivity index (χ1v) is 7.97. The normalized spacial score (nSPS) is 11.4. The van der Waals surface area contributed by atoms with Crippen LogP contribution < -0.4 is 10.6 Å². The predicted molar refractivity (Wildman–Crippen MR) is 94.4 cm³/mol. The number of benzene rings is 2. The quantitative estimate of drug-likeness (QED) is 0.611. The molecule has 0 spiro atoms. The number of aryl methyl sites for hydroxylation is 2. The molecule has 0 saturated carbocycles. The van der Waals surface area contributed by atoms with Crippen LogP contribution in [0, 0.1) is 13.8 Å². The molecule has 5 nitrogen and oxygen atoms in total. The van der Waals surface area contributed by atoms with Gasteiger partial charge in [0.15, 0.2) is 0 Å². The number of hydrogen-bond donors (Lipinski definition) is 3. The van der Waals surface area contributed by atoms with Crippen molar-refractivity contribution < 1.29 is 13.2 Å². The van der Waals surface area contributed by atoms with Gasteiger partial charge in [-0.25, -0.2) is 5.10 Å². The number of hydrogen-bond acceptors (Lipinski definition) is 4. The Hall–Kier alpha value is -3.03. The van der Waals surface area contributed by atoms with Crippen LogP contribution in [0.15, 0.2) is 42.5 Å². The zero-order chi connectivity index (χ0) is 18.7. The molecule has 0 aliphatic carbocycles. The third-order valence-corrected chi connectivity index (χ3v) is 3.68. The number of rotatable bonds is 5. The lowest BCUT2D eigenvalue weighted by molar-refractivity contribution is -0.137. The number of anilines is 3. The molecule has 0 atom stereocenters. The van der Waals surface area contributed by atoms with E-state index in [2.05, 4.69) is 31.9 Å². The summed E-state index contributed by atoms with van der Waals surface area (Å²) in [7, 11) is 0. The topological polar surface area (TPSA) is 65.6 Å². The first-order valence-electron chi connectivity index (χ1n) is 7.97. The summed E-state index contributed by atoms with van der Waals surface area (Å²) in [4.78, 5) is 4.24. The van der Waals surface area contributed by atoms with Crippen molar-refractivity contribution in [3.05, 3.63) is 64.7 Å². The molecule has 0 bridgehead atoms. The molecular weight excluding hydrogens is 343 g/mol. The van der Waals surface area contributed by atoms with Crippen LogP contribution in [0.2, 0.25) is 0 Å². The lowest BCUT2D eigenvalue weighted by Gasteiger charge is -2.09. The minimum absolute atomic E-state index is 0.197. The van der Waals surface area contributed by atoms with Crippen LogP contribution in [0.25, 0.3) is 0 Å². The maximum Gasteiger partial charge on any atom is 0.416 e. The van der Waals surface area contributed by atoms with Crippen LogP contribution in [0.5, 0.6) is 0 Å². The molecule has 0 radical (unpaired) electrons. The van der Waals surface area contributed by atoms with E-state index in [1.807, 2.05) is 26.0 Å². The van der Waals surface area contributed by atoms with E-state index in [1.54, 1.807) is 6.07 Å². The van der Waals surface area contributed by atoms with Gasteiger partial charge in [-0.2, -0.15) is 18.2 Å². The smallest absolute Gasteiger partial charge is 0.350 e. The van der Waals surface area contributed by atoms with E-state index in [4.69, 9.17) is 0 Å². The van der Waals surface area contributed by atoms with Gasteiger partial charge in [0.1, 0.15) is 0 Å². The fourth-order valence-corrected chi connectivity index (χ4v) is 2.62. The van der Waals surface area contributed by atoms with Crippen LogP contribution in [0.4, 0.5) is 30.8 Å². The van der Waals surface area contributed by atoms with Crippen LogP contribution in [-0.2, 0) is 12.7 Å². The summed E-state index contributed by atoms with van der Waals surface area (Å²) in [5.74, 6) is 0.746. The number of H-pyrrole nitrogens is 1. The fourth-order valence-electron chi connectivity index (χ4n) is 2.62. The minimum atomic E-state index is -4.36. The number of nitrogens with zero attached hydrogens (tertiary/aromatic N) is 2. The third-order valence-electron chi connectivity index (χ3n) is 3.68. The molecule has 136 valence electrons. The maximum absolute atomic E-state index is 12.7. The second-order valence-corrected chi connectivity index (χ2v) is 6.06. The van der Waals surface area contributed by atoms with E-state index in [1.165, 1.54) is 6.07 Å². The highest BCUT2D eigenvalue weighted by molar-refractivity contribution is 5.56. The maximum atomic E-state index is 12.7. The Bertz CT molecular complexity index is 882. The summed E-state index contributed by atoms with van der Waals surface area (Å²) in [6.07, 6.45) is -4.36. The van der Waals surface area contributed by atoms with E-state index < -0.39 is 11.7 Å². The Morgan fingerprint density at radius 1 is 1.04 bits per heavy atom. The van der Waals surface area contributed by atoms with Gasteiger partial charge >= 0.3 is 6.18 Å². The molecule has 8 heteroatoms. The van der Waals surface area contributed by atoms with E-state index in [-0.39, 0.29) is 6.54 Å². The summed E-state index contributed by atoms with van der Waals surface area (Å²) < 4.78 is 38.2. The third kappa shape index (κ3) is 4.53. The van der Waals surface area contributed by atoms with Gasteiger partial charge in [0, 0.05) is 12.2 Å². The Kier molecular flexibility index (Phi) is 4.83. The van der Waals surface area contributed by atoms with E-state index in [0.717, 1.165) is 28.9 Å². The highest BCUT2D eigenvalue weighted by Crippen LogP contribution is 2.29. The summed E-state index contributed by atoms with van der Waals surface area (Å²) in [5.41, 5.74) is 2.93. The minimum Gasteiger partial charge on any atom is -0.350 e. The fraction of sp³-hybridized carbons (Fsp3) is 0.222. The van der Waals surface area contributed by atoms with Gasteiger partial charge < -0.3 is 10.6 Å². The van der Waals surface area contributed by atoms with E-state index in [0.29, 0.717) is 17.5 Å². The average Bonchev–Trinajstić information content (AvgIpc) is 2.99. The Morgan fingerprint density at radius 2 is 1.77 bits per heavy atom. The molecular formula is C18H18F3N5. The van der Waals surface area contributed by atoms with Gasteiger partial charge in [-0.15, -0.1) is 5.10 Å². The van der Waals surface area contributed by atoms with Crippen molar-refractivity contribution in [3.8, 4) is 0 Å². The molecule has 3 rings (SSSR count). The largest absolute Gasteiger partial charge is 0.416 e. The van der Waals surface area contributed by atoms with Crippen LogP contribution in [0.1, 0.15) is 22.3 Å². The van der Waals surface area contributed by atoms with Crippen molar-refractivity contribution in [2.45, 2.75) is 26.6 Å². The SMILES string of the molecule is Cc1cc(C)cc(Nc2n[nH]c(NCc3cccc(C(F)(F)F)c3)n2)c1. The van der Waals surface area contributed by atoms with Gasteiger partial charge in [0.05, 0.1) is 5.56 Å². The van der Waals surface area contributed by atoms with Crippen molar-refractivity contribution in [3.63, 3.8) is 0 Å². The average molecular weight is 361 g/mol. The van der Waals surface area contributed by atoms with Gasteiger partial charge in [0.25, 0.3) is 0 Å². The molecule has 0 unspecified atom stereocenters. The van der Waals surface area contributed by atoms with Crippen LogP contribution >= 0.6 is 0 Å². The number of halogens is 3. The zero-order valence-electron chi connectivity index (χ0n) is 14.3. The lowest BCUT2D eigenvalue weighted by atomic mass is 10.1. The second-order valence-electron chi connectivity index (χ2n) is 6.06. The van der Waals surface area contributed by atoms with Crippen LogP contribution in [-0.4, -0.2) is 15.2 Å². The zero-order valence-corrected chi connectivity index (χ0v) is 14.3. The molecule has 26 heavy (non-hydrogen) atoms. The standard InChI is InChI=1S/C18H18F3N5/c1-11-6-12(2)8-15(7-11)23-17-24-16(25-26-17)22-10-13-4-3-5-14(9-13)18(19,20)21/h3-9H,10H2,1-2H3,(H3,22,23,24,25,26). The number of aromatic amines is 1. The molecule has 3 aromatic rings. The van der Waals surface area contributed by atoms with Crippen molar-refractivity contribution in [1.29, 1.82) is 0 Å². The van der Waals surface area contributed by atoms with Crippen LogP contribution in [0.3, 0.4) is 0 Å². The monoisotopic (exact) mass is 361 g/mol. The van der Waals surface area contributed by atoms with Gasteiger partial charge in [-0.05, 0) is 54.8 Å². The van der Waals surface area contributed by atoms with Gasteiger partial charge in [-0.3, -0.25) is 0 Å².